The van der Waals surface area contributed by atoms with E-state index in [-0.39, 0.29) is 6.61 Å². The summed E-state index contributed by atoms with van der Waals surface area (Å²) >= 11 is 0. The van der Waals surface area contributed by atoms with Crippen LogP contribution in [0.15, 0.2) is 73.1 Å². The van der Waals surface area contributed by atoms with Crippen molar-refractivity contribution in [1.82, 2.24) is 4.57 Å². The van der Waals surface area contributed by atoms with Gasteiger partial charge in [-0.25, -0.2) is 4.79 Å². The topological polar surface area (TPSA) is 55.0 Å². The fourth-order valence-electron chi connectivity index (χ4n) is 2.26. The molecule has 0 saturated heterocycles. The summed E-state index contributed by atoms with van der Waals surface area (Å²) in [6, 6.07) is 20.2. The van der Waals surface area contributed by atoms with Crippen molar-refractivity contribution >= 4 is 5.97 Å². The molecule has 1 heterocycles. The molecule has 1 aromatic heterocycles. The summed E-state index contributed by atoms with van der Waals surface area (Å²) in [6.45, 7) is 0.0852. The number of hydrogen-bond acceptors (Lipinski definition) is 3. The van der Waals surface area contributed by atoms with Gasteiger partial charge in [-0.1, -0.05) is 18.2 Å². The molecule has 112 valence electrons. The average Bonchev–Trinajstić information content (AvgIpc) is 3.14. The van der Waals surface area contributed by atoms with Crippen LogP contribution in [0.5, 0.6) is 0 Å². The number of esters is 1. The minimum Gasteiger partial charge on any atom is -0.457 e. The fourth-order valence-corrected chi connectivity index (χ4v) is 2.26. The van der Waals surface area contributed by atoms with E-state index in [1.807, 2.05) is 47.3 Å². The lowest BCUT2D eigenvalue weighted by molar-refractivity contribution is 0.0472. The van der Waals surface area contributed by atoms with Gasteiger partial charge in [0.15, 0.2) is 0 Å². The molecule has 0 aliphatic heterocycles. The van der Waals surface area contributed by atoms with Gasteiger partial charge < -0.3 is 9.30 Å². The van der Waals surface area contributed by atoms with Crippen LogP contribution in [-0.2, 0) is 11.3 Å². The van der Waals surface area contributed by atoms with Crippen molar-refractivity contribution < 1.29 is 9.53 Å². The second-order valence-corrected chi connectivity index (χ2v) is 4.98. The molecule has 0 amide bonds. The van der Waals surface area contributed by atoms with Crippen molar-refractivity contribution in [2.75, 3.05) is 0 Å². The summed E-state index contributed by atoms with van der Waals surface area (Å²) in [6.07, 6.45) is 3.87. The summed E-state index contributed by atoms with van der Waals surface area (Å²) in [7, 11) is 0. The van der Waals surface area contributed by atoms with Gasteiger partial charge in [-0.15, -0.1) is 0 Å². The van der Waals surface area contributed by atoms with E-state index in [4.69, 9.17) is 10.00 Å². The van der Waals surface area contributed by atoms with E-state index >= 15 is 0 Å². The van der Waals surface area contributed by atoms with Crippen molar-refractivity contribution in [2.24, 2.45) is 0 Å². The maximum Gasteiger partial charge on any atom is 0.338 e. The lowest BCUT2D eigenvalue weighted by Gasteiger charge is -2.07. The summed E-state index contributed by atoms with van der Waals surface area (Å²) in [5, 5.41) is 9.03. The van der Waals surface area contributed by atoms with E-state index in [0.29, 0.717) is 16.7 Å². The van der Waals surface area contributed by atoms with Gasteiger partial charge in [0.1, 0.15) is 6.61 Å². The first-order chi connectivity index (χ1) is 11.3. The maximum absolute atomic E-state index is 12.1. The minimum absolute atomic E-state index is 0.0852. The average molecular weight is 302 g/mol. The normalized spacial score (nSPS) is 10.0. The zero-order chi connectivity index (χ0) is 16.1. The number of ether oxygens (including phenoxy) is 1. The minimum atomic E-state index is -0.406. The van der Waals surface area contributed by atoms with Gasteiger partial charge in [0.05, 0.1) is 17.2 Å². The van der Waals surface area contributed by atoms with Gasteiger partial charge in [-0.3, -0.25) is 0 Å². The number of aromatic nitrogens is 1. The van der Waals surface area contributed by atoms with Crippen LogP contribution in [0.3, 0.4) is 0 Å². The molecule has 2 aromatic carbocycles. The van der Waals surface area contributed by atoms with E-state index in [1.54, 1.807) is 30.3 Å². The van der Waals surface area contributed by atoms with E-state index in [1.165, 1.54) is 0 Å². The Balaban J connectivity index is 1.68. The van der Waals surface area contributed by atoms with Crippen LogP contribution in [0.4, 0.5) is 0 Å². The highest BCUT2D eigenvalue weighted by molar-refractivity contribution is 5.89. The lowest BCUT2D eigenvalue weighted by atomic mass is 10.1. The maximum atomic E-state index is 12.1. The van der Waals surface area contributed by atoms with Crippen molar-refractivity contribution in [2.45, 2.75) is 6.61 Å². The number of carbonyl (C=O) groups excluding carboxylic acids is 1. The lowest BCUT2D eigenvalue weighted by Crippen LogP contribution is -2.06. The third-order valence-corrected chi connectivity index (χ3v) is 3.50. The molecule has 0 bridgehead atoms. The van der Waals surface area contributed by atoms with Crippen LogP contribution >= 0.6 is 0 Å². The predicted octanol–water partition coefficient (Wildman–Crippen LogP) is 3.71. The van der Waals surface area contributed by atoms with Gasteiger partial charge >= 0.3 is 5.97 Å². The number of nitrogens with zero attached hydrogens (tertiary/aromatic N) is 2. The number of benzene rings is 2. The molecule has 0 N–H and O–H groups in total. The van der Waals surface area contributed by atoms with E-state index in [0.717, 1.165) is 5.69 Å². The van der Waals surface area contributed by atoms with Crippen molar-refractivity contribution in [1.29, 1.82) is 5.26 Å². The third kappa shape index (κ3) is 3.30. The molecule has 3 rings (SSSR count). The highest BCUT2D eigenvalue weighted by atomic mass is 16.5. The van der Waals surface area contributed by atoms with Crippen LogP contribution in [-0.4, -0.2) is 10.5 Å². The Morgan fingerprint density at radius 3 is 2.39 bits per heavy atom. The SMILES string of the molecule is N#Cc1ccccc1COC(=O)c1ccc(-n2cccc2)cc1. The molecule has 23 heavy (non-hydrogen) atoms. The van der Waals surface area contributed by atoms with Crippen LogP contribution in [0, 0.1) is 11.3 Å². The van der Waals surface area contributed by atoms with Gasteiger partial charge in [0, 0.05) is 23.6 Å². The molecule has 0 unspecified atom stereocenters. The van der Waals surface area contributed by atoms with Gasteiger partial charge in [0.2, 0.25) is 0 Å². The second kappa shape index (κ2) is 6.63. The van der Waals surface area contributed by atoms with Gasteiger partial charge in [0.25, 0.3) is 0 Å². The van der Waals surface area contributed by atoms with E-state index < -0.39 is 5.97 Å². The second-order valence-electron chi connectivity index (χ2n) is 4.98. The molecule has 4 nitrogen and oxygen atoms in total. The van der Waals surface area contributed by atoms with Crippen molar-refractivity contribution in [3.05, 3.63) is 89.7 Å². The Labute approximate surface area is 134 Å². The Hall–Kier alpha value is -3.32. The summed E-state index contributed by atoms with van der Waals surface area (Å²) in [5.41, 5.74) is 2.67. The quantitative estimate of drug-likeness (QED) is 0.690. The largest absolute Gasteiger partial charge is 0.457 e. The first kappa shape index (κ1) is 14.6. The molecule has 0 saturated carbocycles. The summed E-state index contributed by atoms with van der Waals surface area (Å²) in [4.78, 5) is 12.1. The number of hydrogen-bond donors (Lipinski definition) is 0. The van der Waals surface area contributed by atoms with E-state index in [2.05, 4.69) is 6.07 Å². The van der Waals surface area contributed by atoms with Gasteiger partial charge in [-0.2, -0.15) is 5.26 Å². The van der Waals surface area contributed by atoms with Gasteiger partial charge in [-0.05, 0) is 42.5 Å². The summed E-state index contributed by atoms with van der Waals surface area (Å²) in [5.74, 6) is -0.406. The molecule has 3 aromatic rings. The summed E-state index contributed by atoms with van der Waals surface area (Å²) < 4.78 is 7.25. The smallest absolute Gasteiger partial charge is 0.338 e. The van der Waals surface area contributed by atoms with Crippen LogP contribution in [0.2, 0.25) is 0 Å². The molecule has 0 atom stereocenters. The predicted molar refractivity (Wildman–Crippen MR) is 86.0 cm³/mol. The highest BCUT2D eigenvalue weighted by Crippen LogP contribution is 2.13. The van der Waals surface area contributed by atoms with Crippen molar-refractivity contribution in [3.63, 3.8) is 0 Å². The molecular formula is C19H14N2O2. The zero-order valence-corrected chi connectivity index (χ0v) is 12.3. The standard InChI is InChI=1S/C19H14N2O2/c20-13-16-5-1-2-6-17(16)14-23-19(22)15-7-9-18(10-8-15)21-11-3-4-12-21/h1-12H,14H2. The number of rotatable bonds is 4. The highest BCUT2D eigenvalue weighted by Gasteiger charge is 2.09. The fraction of sp³-hybridized carbons (Fsp3) is 0.0526. The Morgan fingerprint density at radius 2 is 1.70 bits per heavy atom. The Morgan fingerprint density at radius 1 is 1.00 bits per heavy atom. The molecule has 0 fully saturated rings. The molecule has 0 aliphatic carbocycles. The molecule has 4 heteroatoms. The molecule has 0 aliphatic rings. The van der Waals surface area contributed by atoms with Crippen LogP contribution in [0.25, 0.3) is 5.69 Å². The molecular weight excluding hydrogens is 288 g/mol. The first-order valence-corrected chi connectivity index (χ1v) is 7.16. The van der Waals surface area contributed by atoms with Crippen LogP contribution in [0.1, 0.15) is 21.5 Å². The zero-order valence-electron chi connectivity index (χ0n) is 12.3. The molecule has 0 radical (unpaired) electrons. The van der Waals surface area contributed by atoms with Crippen molar-refractivity contribution in [3.8, 4) is 11.8 Å². The number of nitriles is 1. The Bertz CT molecular complexity index is 844. The monoisotopic (exact) mass is 302 g/mol. The van der Waals surface area contributed by atoms with Crippen LogP contribution < -0.4 is 0 Å². The molecule has 0 spiro atoms. The first-order valence-electron chi connectivity index (χ1n) is 7.16. The van der Waals surface area contributed by atoms with E-state index in [9.17, 15) is 4.79 Å². The number of carbonyl (C=O) groups is 1. The Kier molecular flexibility index (Phi) is 4.21. The third-order valence-electron chi connectivity index (χ3n) is 3.50.